The smallest absolute Gasteiger partial charge is 0.335 e. The summed E-state index contributed by atoms with van der Waals surface area (Å²) in [6, 6.07) is 12.3. The molecule has 0 radical (unpaired) electrons. The maximum atomic E-state index is 12.9. The van der Waals surface area contributed by atoms with E-state index in [1.165, 1.54) is 54.6 Å². The van der Waals surface area contributed by atoms with Crippen LogP contribution in [-0.4, -0.2) is 23.8 Å². The average Bonchev–Trinajstić information content (AvgIpc) is 3.21. The number of carbonyl (C=O) groups excluding carboxylic acids is 4. The molecule has 4 rings (SSSR count). The summed E-state index contributed by atoms with van der Waals surface area (Å²) in [6.45, 7) is 0. The van der Waals surface area contributed by atoms with Crippen LogP contribution >= 0.6 is 23.2 Å². The second-order valence-electron chi connectivity index (χ2n) is 6.62. The van der Waals surface area contributed by atoms with E-state index in [1.54, 1.807) is 6.07 Å². The molecular weight excluding hydrogens is 459 g/mol. The van der Waals surface area contributed by atoms with Gasteiger partial charge in [0.2, 0.25) is 0 Å². The van der Waals surface area contributed by atoms with Crippen LogP contribution in [0.15, 0.2) is 64.6 Å². The minimum atomic E-state index is -1.41. The van der Waals surface area contributed by atoms with Crippen molar-refractivity contribution in [3.63, 3.8) is 0 Å². The molecule has 0 atom stereocenters. The van der Waals surface area contributed by atoms with Crippen LogP contribution in [0.25, 0.3) is 17.4 Å². The average molecular weight is 470 g/mol. The zero-order chi connectivity index (χ0) is 23.0. The molecule has 1 aliphatic rings. The summed E-state index contributed by atoms with van der Waals surface area (Å²) in [4.78, 5) is 49.2. The molecule has 3 aromatic rings. The van der Waals surface area contributed by atoms with Gasteiger partial charge >= 0.3 is 6.03 Å². The predicted molar refractivity (Wildman–Crippen MR) is 114 cm³/mol. The van der Waals surface area contributed by atoms with E-state index in [1.807, 2.05) is 0 Å². The predicted octanol–water partition coefficient (Wildman–Crippen LogP) is 3.28. The number of nitrogens with zero attached hydrogens (tertiary/aromatic N) is 1. The summed E-state index contributed by atoms with van der Waals surface area (Å²) in [7, 11) is 0. The molecule has 32 heavy (non-hydrogen) atoms. The number of rotatable bonds is 4. The van der Waals surface area contributed by atoms with Gasteiger partial charge in [-0.2, -0.15) is 0 Å². The minimum absolute atomic E-state index is 0.0299. The maximum absolute atomic E-state index is 12.9. The molecule has 160 valence electrons. The Morgan fingerprint density at radius 2 is 1.72 bits per heavy atom. The van der Waals surface area contributed by atoms with Crippen LogP contribution in [-0.2, 0) is 9.59 Å². The van der Waals surface area contributed by atoms with Crippen molar-refractivity contribution in [2.24, 2.45) is 0 Å². The number of halogens is 2. The molecule has 1 N–H and O–H groups in total. The van der Waals surface area contributed by atoms with Crippen LogP contribution in [0, 0.1) is 0 Å². The van der Waals surface area contributed by atoms with Gasteiger partial charge in [-0.1, -0.05) is 35.3 Å². The van der Waals surface area contributed by atoms with Crippen LogP contribution in [0.3, 0.4) is 0 Å². The van der Waals surface area contributed by atoms with Crippen LogP contribution in [0.1, 0.15) is 16.1 Å². The first-order chi connectivity index (χ1) is 15.2. The lowest BCUT2D eigenvalue weighted by atomic mass is 10.1. The van der Waals surface area contributed by atoms with Gasteiger partial charge in [0, 0.05) is 16.1 Å². The van der Waals surface area contributed by atoms with Crippen LogP contribution in [0.2, 0.25) is 10.0 Å². The van der Waals surface area contributed by atoms with Crippen molar-refractivity contribution < 1.29 is 28.7 Å². The molecule has 0 spiro atoms. The number of benzene rings is 2. The summed E-state index contributed by atoms with van der Waals surface area (Å²) in [5, 5.41) is 13.5. The van der Waals surface area contributed by atoms with Crippen molar-refractivity contribution in [3.05, 3.63) is 81.5 Å². The number of hydrogen-bond donors (Lipinski definition) is 1. The second-order valence-corrected chi connectivity index (χ2v) is 7.46. The molecule has 4 amide bonds. The summed E-state index contributed by atoms with van der Waals surface area (Å²) < 4.78 is 5.66. The first-order valence-corrected chi connectivity index (χ1v) is 9.78. The molecule has 0 saturated carbocycles. The molecule has 10 heteroatoms. The summed E-state index contributed by atoms with van der Waals surface area (Å²) in [5.41, 5.74) is 0.228. The van der Waals surface area contributed by atoms with E-state index < -0.39 is 23.8 Å². The largest absolute Gasteiger partial charge is 0.545 e. The number of hydrogen-bond acceptors (Lipinski definition) is 6. The number of amides is 4. The fraction of sp³-hybridized carbons (Fsp3) is 0. The Balaban J connectivity index is 1.65. The van der Waals surface area contributed by atoms with E-state index in [2.05, 4.69) is 5.32 Å². The first-order valence-electron chi connectivity index (χ1n) is 9.03. The third kappa shape index (κ3) is 4.01. The number of furan rings is 1. The van der Waals surface area contributed by atoms with E-state index in [0.29, 0.717) is 16.3 Å². The SMILES string of the molecule is O=C1NC(=O)N(c2ccc(Cl)cc2)C(=O)/C1=C\c1ccc(-c2ccc(C(=O)[O-])c(Cl)c2)o1. The summed E-state index contributed by atoms with van der Waals surface area (Å²) >= 11 is 11.8. The molecule has 8 nitrogen and oxygen atoms in total. The van der Waals surface area contributed by atoms with Gasteiger partial charge in [-0.15, -0.1) is 0 Å². The number of carboxylic acid groups (broad SMARTS) is 1. The Morgan fingerprint density at radius 3 is 2.38 bits per heavy atom. The second kappa shape index (κ2) is 8.33. The lowest BCUT2D eigenvalue weighted by Crippen LogP contribution is -2.54. The van der Waals surface area contributed by atoms with E-state index in [0.717, 1.165) is 4.90 Å². The third-order valence-electron chi connectivity index (χ3n) is 4.57. The van der Waals surface area contributed by atoms with E-state index >= 15 is 0 Å². The Morgan fingerprint density at radius 1 is 1.00 bits per heavy atom. The maximum Gasteiger partial charge on any atom is 0.335 e. The van der Waals surface area contributed by atoms with Crippen molar-refractivity contribution in [2.45, 2.75) is 0 Å². The first kappa shape index (κ1) is 21.4. The van der Waals surface area contributed by atoms with Crippen molar-refractivity contribution in [2.75, 3.05) is 4.90 Å². The van der Waals surface area contributed by atoms with Gasteiger partial charge in [-0.25, -0.2) is 9.69 Å². The molecule has 0 unspecified atom stereocenters. The van der Waals surface area contributed by atoms with Gasteiger partial charge in [0.25, 0.3) is 11.8 Å². The van der Waals surface area contributed by atoms with Crippen LogP contribution in [0.5, 0.6) is 0 Å². The third-order valence-corrected chi connectivity index (χ3v) is 5.14. The molecule has 2 heterocycles. The van der Waals surface area contributed by atoms with Gasteiger partial charge in [0.05, 0.1) is 16.7 Å². The number of barbiturate groups is 1. The number of urea groups is 1. The van der Waals surface area contributed by atoms with Gasteiger partial charge in [0.15, 0.2) is 0 Å². The minimum Gasteiger partial charge on any atom is -0.545 e. The van der Waals surface area contributed by atoms with Gasteiger partial charge < -0.3 is 14.3 Å². The Kier molecular flexibility index (Phi) is 5.56. The molecule has 0 bridgehead atoms. The normalized spacial score (nSPS) is 15.2. The molecule has 0 aliphatic carbocycles. The molecule has 1 aliphatic heterocycles. The Labute approximate surface area is 190 Å². The molecule has 1 fully saturated rings. The quantitative estimate of drug-likeness (QED) is 0.462. The van der Waals surface area contributed by atoms with Crippen molar-refractivity contribution in [1.29, 1.82) is 0 Å². The van der Waals surface area contributed by atoms with Gasteiger partial charge in [-0.3, -0.25) is 14.9 Å². The highest BCUT2D eigenvalue weighted by molar-refractivity contribution is 6.39. The fourth-order valence-electron chi connectivity index (χ4n) is 3.04. The highest BCUT2D eigenvalue weighted by Crippen LogP contribution is 2.29. The van der Waals surface area contributed by atoms with Gasteiger partial charge in [-0.05, 0) is 48.5 Å². The van der Waals surface area contributed by atoms with Gasteiger partial charge in [0.1, 0.15) is 17.1 Å². The summed E-state index contributed by atoms with van der Waals surface area (Å²) in [5.74, 6) is -2.64. The number of imide groups is 2. The zero-order valence-corrected chi connectivity index (χ0v) is 17.4. The molecule has 2 aromatic carbocycles. The highest BCUT2D eigenvalue weighted by Gasteiger charge is 2.37. The van der Waals surface area contributed by atoms with Crippen molar-refractivity contribution in [1.82, 2.24) is 5.32 Å². The number of nitrogens with one attached hydrogen (secondary N) is 1. The van der Waals surface area contributed by atoms with Crippen LogP contribution in [0.4, 0.5) is 10.5 Å². The van der Waals surface area contributed by atoms with E-state index in [4.69, 9.17) is 27.6 Å². The highest BCUT2D eigenvalue weighted by atomic mass is 35.5. The molecular formula is C22H11Cl2N2O6-. The van der Waals surface area contributed by atoms with E-state index in [9.17, 15) is 24.3 Å². The zero-order valence-electron chi connectivity index (χ0n) is 15.9. The fourth-order valence-corrected chi connectivity index (χ4v) is 3.43. The molecule has 1 aromatic heterocycles. The summed E-state index contributed by atoms with van der Waals surface area (Å²) in [6.07, 6.45) is 1.20. The Hall–Kier alpha value is -3.88. The number of carbonyl (C=O) groups is 4. The lowest BCUT2D eigenvalue weighted by molar-refractivity contribution is -0.255. The molecule has 1 saturated heterocycles. The van der Waals surface area contributed by atoms with Crippen molar-refractivity contribution >= 4 is 58.8 Å². The van der Waals surface area contributed by atoms with E-state index in [-0.39, 0.29) is 27.6 Å². The lowest BCUT2D eigenvalue weighted by Gasteiger charge is -2.26. The monoisotopic (exact) mass is 469 g/mol. The Bertz CT molecular complexity index is 1310. The van der Waals surface area contributed by atoms with Crippen LogP contribution < -0.4 is 15.3 Å². The number of anilines is 1. The standard InChI is InChI=1S/C22H12Cl2N2O6/c23-12-2-4-13(5-3-12)26-20(28)16(19(27)25-22(26)31)10-14-6-8-18(32-14)11-1-7-15(21(29)30)17(24)9-11/h1-10H,(H,29,30)(H,25,27,31)/p-1/b16-10-. The van der Waals surface area contributed by atoms with Crippen molar-refractivity contribution in [3.8, 4) is 11.3 Å². The number of carboxylic acids is 1. The topological polar surface area (TPSA) is 120 Å². The number of aromatic carboxylic acids is 1.